The largest absolute Gasteiger partial charge is 0.478 e. The van der Waals surface area contributed by atoms with Crippen molar-refractivity contribution >= 4 is 51.3 Å². The Hall–Kier alpha value is -3.73. The Labute approximate surface area is 280 Å². The fourth-order valence-corrected chi connectivity index (χ4v) is 5.46. The normalized spacial score (nSPS) is 11.4. The number of nitrogens with zero attached hydrogens (tertiary/aromatic N) is 6. The molecule has 0 spiro atoms. The fraction of sp³-hybridized carbons (Fsp3) is 0.400. The summed E-state index contributed by atoms with van der Waals surface area (Å²) in [4.78, 5) is 30.9. The molecule has 4 aromatic heterocycles. The van der Waals surface area contributed by atoms with Gasteiger partial charge in [-0.3, -0.25) is 0 Å². The van der Waals surface area contributed by atoms with Gasteiger partial charge in [-0.05, 0) is 43.3 Å². The molecule has 0 saturated carbocycles. The molecule has 0 amide bonds. The number of carbonyl (C=O) groups excluding carboxylic acids is 1. The van der Waals surface area contributed by atoms with Crippen LogP contribution < -0.4 is 9.47 Å². The Bertz CT molecular complexity index is 1630. The van der Waals surface area contributed by atoms with E-state index < -0.39 is 28.1 Å². The van der Waals surface area contributed by atoms with Crippen LogP contribution in [0.15, 0.2) is 48.8 Å². The van der Waals surface area contributed by atoms with Crippen LogP contribution in [-0.2, 0) is 4.74 Å². The van der Waals surface area contributed by atoms with Crippen molar-refractivity contribution < 1.29 is 28.9 Å². The van der Waals surface area contributed by atoms with Crippen LogP contribution in [0.4, 0.5) is 0 Å². The summed E-state index contributed by atoms with van der Waals surface area (Å²) in [6, 6.07) is 11.8. The van der Waals surface area contributed by atoms with Gasteiger partial charge in [0.2, 0.25) is 11.8 Å². The number of aromatic nitrogens is 6. The molecule has 0 radical (unpaired) electrons. The van der Waals surface area contributed by atoms with Gasteiger partial charge in [0.25, 0.3) is 0 Å². The first kappa shape index (κ1) is 36.7. The van der Waals surface area contributed by atoms with E-state index in [1.807, 2.05) is 0 Å². The molecule has 0 saturated heterocycles. The summed E-state index contributed by atoms with van der Waals surface area (Å²) >= 11 is 11.9. The van der Waals surface area contributed by atoms with Crippen LogP contribution in [0.25, 0.3) is 11.6 Å². The molecule has 4 rings (SSSR count). The second kappa shape index (κ2) is 16.2. The van der Waals surface area contributed by atoms with E-state index in [1.165, 1.54) is 10.7 Å². The molecule has 0 bridgehead atoms. The molecule has 248 valence electrons. The second-order valence-corrected chi connectivity index (χ2v) is 24.5. The van der Waals surface area contributed by atoms with Crippen LogP contribution in [0, 0.1) is 0 Å². The number of hydrogen-bond donors (Lipinski definition) is 1. The third kappa shape index (κ3) is 11.6. The third-order valence-corrected chi connectivity index (χ3v) is 10.2. The lowest BCUT2D eigenvalue weighted by Crippen LogP contribution is -2.22. The molecule has 16 heteroatoms. The predicted octanol–water partition coefficient (Wildman–Crippen LogP) is 7.15. The molecule has 0 aromatic carbocycles. The maximum atomic E-state index is 11.7. The molecule has 0 unspecified atom stereocenters. The quantitative estimate of drug-likeness (QED) is 0.0865. The number of aromatic carboxylic acids is 1. The van der Waals surface area contributed by atoms with Crippen LogP contribution >= 0.6 is 23.2 Å². The Morgan fingerprint density at radius 2 is 1.17 bits per heavy atom. The summed E-state index contributed by atoms with van der Waals surface area (Å²) in [5.41, 5.74) is 0.199. The fourth-order valence-electron chi connectivity index (χ4n) is 3.57. The monoisotopic (exact) mass is 706 g/mol. The van der Waals surface area contributed by atoms with Crippen molar-refractivity contribution in [2.45, 2.75) is 58.3 Å². The highest BCUT2D eigenvalue weighted by Gasteiger charge is 2.17. The number of carboxylic acids is 1. The van der Waals surface area contributed by atoms with Gasteiger partial charge in [0.1, 0.15) is 10.3 Å². The van der Waals surface area contributed by atoms with E-state index in [2.05, 4.69) is 59.4 Å². The molecule has 0 fully saturated rings. The van der Waals surface area contributed by atoms with Crippen molar-refractivity contribution in [3.8, 4) is 23.4 Å². The Balaban J connectivity index is 0.000000251. The van der Waals surface area contributed by atoms with Crippen molar-refractivity contribution in [2.24, 2.45) is 0 Å². The van der Waals surface area contributed by atoms with Crippen molar-refractivity contribution in [1.29, 1.82) is 0 Å². The first-order valence-electron chi connectivity index (χ1n) is 14.7. The van der Waals surface area contributed by atoms with Crippen LogP contribution in [0.2, 0.25) is 61.7 Å². The van der Waals surface area contributed by atoms with Gasteiger partial charge in [0.05, 0.1) is 30.9 Å². The van der Waals surface area contributed by atoms with E-state index >= 15 is 0 Å². The summed E-state index contributed by atoms with van der Waals surface area (Å²) in [5.74, 6) is 0.402. The number of pyridine rings is 2. The van der Waals surface area contributed by atoms with Gasteiger partial charge in [-0.1, -0.05) is 62.5 Å². The zero-order chi connectivity index (χ0) is 34.1. The molecule has 4 aromatic rings. The molecule has 46 heavy (non-hydrogen) atoms. The molecular weight excluding hydrogens is 667 g/mol. The number of carboxylic acid groups (broad SMARTS) is 1. The van der Waals surface area contributed by atoms with Crippen LogP contribution in [0.3, 0.4) is 0 Å². The number of esters is 1. The van der Waals surface area contributed by atoms with Gasteiger partial charge in [-0.25, -0.2) is 28.9 Å². The van der Waals surface area contributed by atoms with Crippen molar-refractivity contribution in [3.05, 3.63) is 70.2 Å². The first-order chi connectivity index (χ1) is 21.6. The maximum absolute atomic E-state index is 11.7. The maximum Gasteiger partial charge on any atom is 0.341 e. The number of halogens is 2. The number of hydrogen-bond acceptors (Lipinski definition) is 9. The molecule has 0 atom stereocenters. The molecule has 0 aliphatic rings. The van der Waals surface area contributed by atoms with Gasteiger partial charge in [-0.2, -0.15) is 0 Å². The average molecular weight is 708 g/mol. The van der Waals surface area contributed by atoms with Gasteiger partial charge in [0, 0.05) is 40.7 Å². The van der Waals surface area contributed by atoms with Crippen LogP contribution in [0.5, 0.6) is 11.8 Å². The Morgan fingerprint density at radius 1 is 0.739 bits per heavy atom. The van der Waals surface area contributed by atoms with Gasteiger partial charge in [-0.15, -0.1) is 10.2 Å². The molecular formula is C30H40Cl2N6O6Si2. The highest BCUT2D eigenvalue weighted by atomic mass is 35.5. The number of rotatable bonds is 13. The van der Waals surface area contributed by atoms with E-state index in [4.69, 9.17) is 42.5 Å². The standard InChI is InChI=1S/C16H22ClN3O3Si.C14H18ClN3O3Si/c1-5-22-16(21)12-6-7-13(18-15(12)17)20-9-8-14(19-20)23-10-11-24(2,3)4;1-22(2,3)9-8-21-12-6-7-18(17-12)11-5-4-10(14(19)20)13(15)16-11/h6-9H,5,10-11H2,1-4H3;4-7H,8-9H2,1-3H3,(H,19,20). The highest BCUT2D eigenvalue weighted by Crippen LogP contribution is 2.20. The summed E-state index contributed by atoms with van der Waals surface area (Å²) in [6.07, 6.45) is 3.44. The predicted molar refractivity (Wildman–Crippen MR) is 183 cm³/mol. The van der Waals surface area contributed by atoms with Crippen molar-refractivity contribution in [2.75, 3.05) is 19.8 Å². The van der Waals surface area contributed by atoms with Crippen molar-refractivity contribution in [3.63, 3.8) is 0 Å². The van der Waals surface area contributed by atoms with Crippen LogP contribution in [0.1, 0.15) is 27.6 Å². The van der Waals surface area contributed by atoms with Crippen LogP contribution in [-0.4, -0.2) is 82.5 Å². The van der Waals surface area contributed by atoms with E-state index in [1.54, 1.807) is 54.3 Å². The second-order valence-electron chi connectivity index (χ2n) is 12.6. The SMILES string of the molecule is CCOC(=O)c1ccc(-n2ccc(OCC[Si](C)(C)C)n2)nc1Cl.C[Si](C)(C)CCOc1ccn(-c2ccc(C(=O)O)c(Cl)n2)n1. The minimum absolute atomic E-state index is 0.0378. The molecule has 1 N–H and O–H groups in total. The lowest BCUT2D eigenvalue weighted by atomic mass is 10.3. The summed E-state index contributed by atoms with van der Waals surface area (Å²) < 4.78 is 19.3. The summed E-state index contributed by atoms with van der Waals surface area (Å²) in [7, 11) is -2.27. The zero-order valence-corrected chi connectivity index (χ0v) is 30.6. The third-order valence-electron chi connectivity index (χ3n) is 6.20. The average Bonchev–Trinajstić information content (AvgIpc) is 3.62. The summed E-state index contributed by atoms with van der Waals surface area (Å²) in [6.45, 7) is 17.1. The van der Waals surface area contributed by atoms with E-state index in [0.29, 0.717) is 36.6 Å². The Morgan fingerprint density at radius 3 is 1.54 bits per heavy atom. The molecule has 0 aliphatic carbocycles. The molecule has 0 aliphatic heterocycles. The number of carbonyl (C=O) groups is 2. The van der Waals surface area contributed by atoms with E-state index in [9.17, 15) is 9.59 Å². The van der Waals surface area contributed by atoms with Crippen molar-refractivity contribution in [1.82, 2.24) is 29.5 Å². The highest BCUT2D eigenvalue weighted by molar-refractivity contribution is 6.76. The van der Waals surface area contributed by atoms with Gasteiger partial charge in [0.15, 0.2) is 11.6 Å². The van der Waals surface area contributed by atoms with E-state index in [-0.39, 0.29) is 28.0 Å². The smallest absolute Gasteiger partial charge is 0.341 e. The number of ether oxygens (including phenoxy) is 3. The topological polar surface area (TPSA) is 143 Å². The van der Waals surface area contributed by atoms with E-state index in [0.717, 1.165) is 12.1 Å². The minimum Gasteiger partial charge on any atom is -0.478 e. The molecule has 4 heterocycles. The van der Waals surface area contributed by atoms with Gasteiger partial charge < -0.3 is 19.3 Å². The summed E-state index contributed by atoms with van der Waals surface area (Å²) in [5, 5.41) is 17.5. The zero-order valence-electron chi connectivity index (χ0n) is 27.1. The lowest BCUT2D eigenvalue weighted by Gasteiger charge is -2.14. The Kier molecular flexibility index (Phi) is 12.9. The molecule has 12 nitrogen and oxygen atoms in total. The lowest BCUT2D eigenvalue weighted by molar-refractivity contribution is 0.0525. The first-order valence-corrected chi connectivity index (χ1v) is 22.8. The van der Waals surface area contributed by atoms with Gasteiger partial charge >= 0.3 is 11.9 Å². The minimum atomic E-state index is -1.14.